The summed E-state index contributed by atoms with van der Waals surface area (Å²) in [7, 11) is 0. The van der Waals surface area contributed by atoms with Crippen LogP contribution in [0, 0.1) is 6.92 Å². The minimum absolute atomic E-state index is 0.127. The van der Waals surface area contributed by atoms with Crippen molar-refractivity contribution >= 4 is 34.1 Å². The normalized spacial score (nSPS) is 11.9. The predicted octanol–water partition coefficient (Wildman–Crippen LogP) is 4.21. The van der Waals surface area contributed by atoms with Crippen LogP contribution >= 0.6 is 23.1 Å². The SMILES string of the molecule is Cc1csc(NC(=O)[C@H](C)Sc2nnc(-c3ccncc3)n2-c2ccccc2)n1. The number of nitrogens with one attached hydrogen (secondary N) is 1. The molecule has 3 heterocycles. The van der Waals surface area contributed by atoms with E-state index in [1.807, 2.05) is 66.3 Å². The van der Waals surface area contributed by atoms with Crippen LogP contribution in [0.4, 0.5) is 5.13 Å². The molecular formula is C20H18N6OS2. The monoisotopic (exact) mass is 422 g/mol. The Balaban J connectivity index is 1.63. The highest BCUT2D eigenvalue weighted by Gasteiger charge is 2.22. The minimum Gasteiger partial charge on any atom is -0.301 e. The largest absolute Gasteiger partial charge is 0.301 e. The van der Waals surface area contributed by atoms with Crippen LogP contribution in [0.3, 0.4) is 0 Å². The van der Waals surface area contributed by atoms with E-state index in [9.17, 15) is 4.79 Å². The number of aromatic nitrogens is 5. The van der Waals surface area contributed by atoms with E-state index in [4.69, 9.17) is 0 Å². The van der Waals surface area contributed by atoms with Crippen molar-refractivity contribution in [2.45, 2.75) is 24.3 Å². The van der Waals surface area contributed by atoms with Crippen LogP contribution in [0.15, 0.2) is 65.4 Å². The van der Waals surface area contributed by atoms with Crippen LogP contribution < -0.4 is 5.32 Å². The molecule has 0 aliphatic heterocycles. The molecular weight excluding hydrogens is 404 g/mol. The van der Waals surface area contributed by atoms with Crippen molar-refractivity contribution in [3.05, 3.63) is 65.9 Å². The molecule has 7 nitrogen and oxygen atoms in total. The predicted molar refractivity (Wildman–Crippen MR) is 115 cm³/mol. The smallest absolute Gasteiger partial charge is 0.239 e. The fraction of sp³-hybridized carbons (Fsp3) is 0.150. The first-order valence-electron chi connectivity index (χ1n) is 8.92. The Labute approximate surface area is 176 Å². The molecule has 1 amide bonds. The Morgan fingerprint density at radius 3 is 2.59 bits per heavy atom. The molecule has 3 aromatic heterocycles. The van der Waals surface area contributed by atoms with Crippen LogP contribution in [0.5, 0.6) is 0 Å². The molecule has 146 valence electrons. The Bertz CT molecular complexity index is 1110. The number of nitrogens with zero attached hydrogens (tertiary/aromatic N) is 5. The number of carbonyl (C=O) groups excluding carboxylic acids is 1. The van der Waals surface area contributed by atoms with E-state index < -0.39 is 0 Å². The van der Waals surface area contributed by atoms with Crippen molar-refractivity contribution < 1.29 is 4.79 Å². The van der Waals surface area contributed by atoms with Crippen molar-refractivity contribution in [2.24, 2.45) is 0 Å². The van der Waals surface area contributed by atoms with Gasteiger partial charge in [0.05, 0.1) is 10.9 Å². The lowest BCUT2D eigenvalue weighted by molar-refractivity contribution is -0.115. The fourth-order valence-corrected chi connectivity index (χ4v) is 4.23. The van der Waals surface area contributed by atoms with Gasteiger partial charge >= 0.3 is 0 Å². The van der Waals surface area contributed by atoms with Gasteiger partial charge in [-0.25, -0.2) is 4.98 Å². The topological polar surface area (TPSA) is 85.6 Å². The number of hydrogen-bond acceptors (Lipinski definition) is 7. The summed E-state index contributed by atoms with van der Waals surface area (Å²) >= 11 is 2.76. The number of pyridine rings is 1. The van der Waals surface area contributed by atoms with Gasteiger partial charge in [0, 0.05) is 29.0 Å². The molecule has 0 saturated carbocycles. The second kappa shape index (κ2) is 8.54. The number of para-hydroxylation sites is 1. The third kappa shape index (κ3) is 4.36. The molecule has 0 unspecified atom stereocenters. The average Bonchev–Trinajstić information content (AvgIpc) is 3.35. The first-order chi connectivity index (χ1) is 14.1. The summed E-state index contributed by atoms with van der Waals surface area (Å²) in [5.41, 5.74) is 2.71. The van der Waals surface area contributed by atoms with Gasteiger partial charge in [0.1, 0.15) is 0 Å². The van der Waals surface area contributed by atoms with E-state index in [0.29, 0.717) is 16.1 Å². The van der Waals surface area contributed by atoms with E-state index >= 15 is 0 Å². The highest BCUT2D eigenvalue weighted by atomic mass is 32.2. The summed E-state index contributed by atoms with van der Waals surface area (Å²) in [6.45, 7) is 3.74. The van der Waals surface area contributed by atoms with Crippen LogP contribution in [-0.4, -0.2) is 35.9 Å². The third-order valence-corrected chi connectivity index (χ3v) is 6.01. The first kappa shape index (κ1) is 19.3. The molecule has 0 aliphatic rings. The van der Waals surface area contributed by atoms with E-state index in [2.05, 4.69) is 25.5 Å². The highest BCUT2D eigenvalue weighted by molar-refractivity contribution is 8.00. The maximum absolute atomic E-state index is 12.6. The number of benzene rings is 1. The lowest BCUT2D eigenvalue weighted by Crippen LogP contribution is -2.22. The quantitative estimate of drug-likeness (QED) is 0.469. The second-order valence-corrected chi connectivity index (χ2v) is 8.42. The van der Waals surface area contributed by atoms with Crippen molar-refractivity contribution in [1.82, 2.24) is 24.7 Å². The number of rotatable bonds is 6. The van der Waals surface area contributed by atoms with E-state index in [1.165, 1.54) is 23.1 Å². The van der Waals surface area contributed by atoms with Crippen molar-refractivity contribution in [3.63, 3.8) is 0 Å². The average molecular weight is 423 g/mol. The van der Waals surface area contributed by atoms with Crippen LogP contribution in [0.1, 0.15) is 12.6 Å². The van der Waals surface area contributed by atoms with E-state index in [-0.39, 0.29) is 11.2 Å². The molecule has 0 saturated heterocycles. The lowest BCUT2D eigenvalue weighted by atomic mass is 10.2. The molecule has 1 aromatic carbocycles. The minimum atomic E-state index is -0.379. The first-order valence-corrected chi connectivity index (χ1v) is 10.7. The van der Waals surface area contributed by atoms with Gasteiger partial charge in [0.2, 0.25) is 5.91 Å². The Hall–Kier alpha value is -3.04. The van der Waals surface area contributed by atoms with Crippen molar-refractivity contribution in [1.29, 1.82) is 0 Å². The Morgan fingerprint density at radius 2 is 1.90 bits per heavy atom. The van der Waals surface area contributed by atoms with Gasteiger partial charge in [-0.2, -0.15) is 0 Å². The number of aryl methyl sites for hydroxylation is 1. The molecule has 1 N–H and O–H groups in total. The summed E-state index contributed by atoms with van der Waals surface area (Å²) in [4.78, 5) is 21.0. The number of thiazole rings is 1. The standard InChI is InChI=1S/C20H18N6OS2/c1-13-12-28-19(22-13)23-18(27)14(2)29-20-25-24-17(15-8-10-21-11-9-15)26(20)16-6-4-3-5-7-16/h3-12,14H,1-2H3,(H,22,23,27)/t14-/m0/s1. The molecule has 0 radical (unpaired) electrons. The maximum atomic E-state index is 12.6. The van der Waals surface area contributed by atoms with Gasteiger partial charge in [-0.1, -0.05) is 30.0 Å². The Kier molecular flexibility index (Phi) is 5.68. The molecule has 0 fully saturated rings. The van der Waals surface area contributed by atoms with Crippen LogP contribution in [-0.2, 0) is 4.79 Å². The molecule has 4 rings (SSSR count). The molecule has 0 bridgehead atoms. The zero-order valence-electron chi connectivity index (χ0n) is 15.8. The summed E-state index contributed by atoms with van der Waals surface area (Å²) in [6, 6.07) is 13.6. The van der Waals surface area contributed by atoms with Gasteiger partial charge in [-0.15, -0.1) is 21.5 Å². The zero-order valence-corrected chi connectivity index (χ0v) is 17.4. The zero-order chi connectivity index (χ0) is 20.2. The number of hydrogen-bond donors (Lipinski definition) is 1. The van der Waals surface area contributed by atoms with Gasteiger partial charge in [0.25, 0.3) is 0 Å². The van der Waals surface area contributed by atoms with Gasteiger partial charge < -0.3 is 5.32 Å². The molecule has 29 heavy (non-hydrogen) atoms. The lowest BCUT2D eigenvalue weighted by Gasteiger charge is -2.13. The van der Waals surface area contributed by atoms with Crippen molar-refractivity contribution in [2.75, 3.05) is 5.32 Å². The highest BCUT2D eigenvalue weighted by Crippen LogP contribution is 2.30. The Morgan fingerprint density at radius 1 is 1.14 bits per heavy atom. The van der Waals surface area contributed by atoms with Gasteiger partial charge in [-0.05, 0) is 38.1 Å². The molecule has 9 heteroatoms. The number of anilines is 1. The molecule has 1 atom stereocenters. The number of amides is 1. The molecule has 0 aliphatic carbocycles. The third-order valence-electron chi connectivity index (χ3n) is 4.09. The van der Waals surface area contributed by atoms with Crippen LogP contribution in [0.25, 0.3) is 17.1 Å². The second-order valence-electron chi connectivity index (χ2n) is 6.26. The van der Waals surface area contributed by atoms with E-state index in [1.54, 1.807) is 12.4 Å². The van der Waals surface area contributed by atoms with Crippen molar-refractivity contribution in [3.8, 4) is 17.1 Å². The number of thioether (sulfide) groups is 1. The van der Waals surface area contributed by atoms with Crippen LogP contribution in [0.2, 0.25) is 0 Å². The van der Waals surface area contributed by atoms with E-state index in [0.717, 1.165) is 16.9 Å². The summed E-state index contributed by atoms with van der Waals surface area (Å²) in [5, 5.41) is 14.4. The fourth-order valence-electron chi connectivity index (χ4n) is 2.67. The summed E-state index contributed by atoms with van der Waals surface area (Å²) < 4.78 is 1.96. The number of carbonyl (C=O) groups is 1. The van der Waals surface area contributed by atoms with Gasteiger partial charge in [0.15, 0.2) is 16.1 Å². The maximum Gasteiger partial charge on any atom is 0.239 e. The summed E-state index contributed by atoms with van der Waals surface area (Å²) in [5.74, 6) is 0.571. The molecule has 4 aromatic rings. The molecule has 0 spiro atoms. The van der Waals surface area contributed by atoms with Gasteiger partial charge in [-0.3, -0.25) is 14.3 Å². The summed E-state index contributed by atoms with van der Waals surface area (Å²) in [6.07, 6.45) is 3.44.